The summed E-state index contributed by atoms with van der Waals surface area (Å²) in [6.07, 6.45) is 4.16. The van der Waals surface area contributed by atoms with Crippen LogP contribution in [0.25, 0.3) is 0 Å². The molecule has 2 rings (SSSR count). The lowest BCUT2D eigenvalue weighted by Crippen LogP contribution is -2.60. The third-order valence-corrected chi connectivity index (χ3v) is 18.0. The van der Waals surface area contributed by atoms with Crippen LogP contribution in [-0.2, 0) is 18.0 Å². The molecule has 0 aromatic heterocycles. The first kappa shape index (κ1) is 32.3. The van der Waals surface area contributed by atoms with E-state index in [4.69, 9.17) is 18.0 Å². The van der Waals surface area contributed by atoms with Crippen LogP contribution in [0.1, 0.15) is 54.9 Å². The quantitative estimate of drug-likeness (QED) is 0.247. The minimum atomic E-state index is -2.21. The third kappa shape index (κ3) is 8.05. The number of ether oxygens (including phenoxy) is 1. The molecule has 0 radical (unpaired) electrons. The van der Waals surface area contributed by atoms with E-state index in [0.717, 1.165) is 11.1 Å². The largest absolute Gasteiger partial charge is 0.408 e. The van der Waals surface area contributed by atoms with Crippen molar-refractivity contribution in [2.45, 2.75) is 129 Å². The van der Waals surface area contributed by atoms with Gasteiger partial charge in [0.2, 0.25) is 0 Å². The standard InChI is InChI=1S/C30H52O4Si3/c1-24-17-18-25-23-26(32-36(11,12)28(2,3)4)27(33-37(13,14)29(5,6)7)30(25,34-35(8,9)10)20-15-16-21-31-22-19-24/h19,23,26-27H,20-22H2,1-14H3/b24-19-/t26-,27+,30?/m1/s1. The van der Waals surface area contributed by atoms with Crippen molar-refractivity contribution >= 4 is 25.0 Å². The van der Waals surface area contributed by atoms with E-state index in [1.807, 2.05) is 13.0 Å². The Morgan fingerprint density at radius 1 is 0.865 bits per heavy atom. The summed E-state index contributed by atoms with van der Waals surface area (Å²) in [6.45, 7) is 32.5. The molecule has 1 aliphatic carbocycles. The Labute approximate surface area is 231 Å². The number of fused-ring (bicyclic) bond motifs is 1. The molecule has 4 nitrogen and oxygen atoms in total. The fourth-order valence-corrected chi connectivity index (χ4v) is 7.80. The first-order chi connectivity index (χ1) is 16.6. The highest BCUT2D eigenvalue weighted by molar-refractivity contribution is 6.74. The topological polar surface area (TPSA) is 36.9 Å². The molecule has 0 saturated heterocycles. The number of hydrogen-bond acceptors (Lipinski definition) is 4. The van der Waals surface area contributed by atoms with Gasteiger partial charge in [0.1, 0.15) is 18.3 Å². The van der Waals surface area contributed by atoms with Crippen molar-refractivity contribution in [1.29, 1.82) is 0 Å². The van der Waals surface area contributed by atoms with E-state index in [9.17, 15) is 0 Å². The van der Waals surface area contributed by atoms with E-state index >= 15 is 0 Å². The molecule has 0 bridgehead atoms. The van der Waals surface area contributed by atoms with Gasteiger partial charge in [-0.2, -0.15) is 0 Å². The zero-order chi connectivity index (χ0) is 28.5. The Morgan fingerprint density at radius 3 is 1.97 bits per heavy atom. The van der Waals surface area contributed by atoms with E-state index in [0.29, 0.717) is 19.6 Å². The highest BCUT2D eigenvalue weighted by Gasteiger charge is 2.58. The van der Waals surface area contributed by atoms with Crippen molar-refractivity contribution in [3.8, 4) is 23.7 Å². The SMILES string of the molecule is C/C1=C/COCC#CCC2(O[Si](C)(C)C)C(=C[C@@H](O[Si](C)(C)C(C)(C)C)[C@@H]2O[Si](C)(C)C(C)(C)C)C#C1. The summed E-state index contributed by atoms with van der Waals surface area (Å²) in [5.74, 6) is 13.5. The highest BCUT2D eigenvalue weighted by atomic mass is 28.4. The molecule has 1 unspecified atom stereocenters. The van der Waals surface area contributed by atoms with E-state index in [2.05, 4.69) is 117 Å². The maximum Gasteiger partial charge on any atom is 0.193 e. The van der Waals surface area contributed by atoms with Crippen LogP contribution in [0.15, 0.2) is 23.3 Å². The zero-order valence-corrected chi connectivity index (χ0v) is 29.1. The predicted octanol–water partition coefficient (Wildman–Crippen LogP) is 7.67. The molecule has 0 aromatic carbocycles. The second kappa shape index (κ2) is 11.3. The maximum atomic E-state index is 7.30. The lowest BCUT2D eigenvalue weighted by atomic mass is 9.89. The summed E-state index contributed by atoms with van der Waals surface area (Å²) in [6, 6.07) is 0. The third-order valence-electron chi connectivity index (χ3n) is 8.05. The lowest BCUT2D eigenvalue weighted by molar-refractivity contribution is -0.0499. The van der Waals surface area contributed by atoms with Crippen LogP contribution in [0.4, 0.5) is 0 Å². The van der Waals surface area contributed by atoms with Gasteiger partial charge in [-0.15, -0.1) is 0 Å². The van der Waals surface area contributed by atoms with Crippen molar-refractivity contribution in [2.75, 3.05) is 13.2 Å². The van der Waals surface area contributed by atoms with Crippen molar-refractivity contribution in [3.05, 3.63) is 23.3 Å². The van der Waals surface area contributed by atoms with Gasteiger partial charge in [0, 0.05) is 12.0 Å². The fourth-order valence-electron chi connectivity index (χ4n) is 3.88. The van der Waals surface area contributed by atoms with Crippen molar-refractivity contribution in [1.82, 2.24) is 0 Å². The molecule has 0 N–H and O–H groups in total. The van der Waals surface area contributed by atoms with Gasteiger partial charge in [-0.25, -0.2) is 0 Å². The summed E-state index contributed by atoms with van der Waals surface area (Å²) in [4.78, 5) is 0. The smallest absolute Gasteiger partial charge is 0.193 e. The molecular formula is C30H52O4Si3. The van der Waals surface area contributed by atoms with E-state index in [1.165, 1.54) is 0 Å². The predicted molar refractivity (Wildman–Crippen MR) is 164 cm³/mol. The molecular weight excluding hydrogens is 509 g/mol. The van der Waals surface area contributed by atoms with Crippen molar-refractivity contribution in [3.63, 3.8) is 0 Å². The first-order valence-corrected chi connectivity index (χ1v) is 22.8. The zero-order valence-electron chi connectivity index (χ0n) is 26.1. The molecule has 0 aromatic rings. The van der Waals surface area contributed by atoms with Gasteiger partial charge < -0.3 is 18.0 Å². The van der Waals surface area contributed by atoms with Gasteiger partial charge in [-0.05, 0) is 80.6 Å². The van der Waals surface area contributed by atoms with E-state index < -0.39 is 30.6 Å². The lowest BCUT2D eigenvalue weighted by Gasteiger charge is -2.48. The Bertz CT molecular complexity index is 1010. The molecule has 2 aliphatic rings. The van der Waals surface area contributed by atoms with Crippen LogP contribution in [0.5, 0.6) is 0 Å². The number of allylic oxidation sites excluding steroid dienone is 1. The summed E-state index contributed by atoms with van der Waals surface area (Å²) < 4.78 is 27.3. The summed E-state index contributed by atoms with van der Waals surface area (Å²) >= 11 is 0. The van der Waals surface area contributed by atoms with Crippen molar-refractivity contribution < 1.29 is 18.0 Å². The van der Waals surface area contributed by atoms with Gasteiger partial charge in [0.15, 0.2) is 25.0 Å². The van der Waals surface area contributed by atoms with Gasteiger partial charge in [-0.1, -0.05) is 65.2 Å². The average Bonchev–Trinajstić information content (AvgIpc) is 2.93. The first-order valence-electron chi connectivity index (χ1n) is 13.6. The molecule has 3 atom stereocenters. The monoisotopic (exact) mass is 560 g/mol. The molecule has 7 heteroatoms. The Morgan fingerprint density at radius 2 is 1.43 bits per heavy atom. The summed E-state index contributed by atoms with van der Waals surface area (Å²) in [5, 5.41) is 0.0991. The molecule has 37 heavy (non-hydrogen) atoms. The molecule has 1 aliphatic heterocycles. The van der Waals surface area contributed by atoms with Crippen LogP contribution >= 0.6 is 0 Å². The summed E-state index contributed by atoms with van der Waals surface area (Å²) in [7, 11) is -6.41. The fraction of sp³-hybridized carbons (Fsp3) is 0.733. The second-order valence-electron chi connectivity index (χ2n) is 14.5. The highest BCUT2D eigenvalue weighted by Crippen LogP contribution is 2.49. The van der Waals surface area contributed by atoms with E-state index in [1.54, 1.807) is 0 Å². The van der Waals surface area contributed by atoms with Crippen LogP contribution in [0.2, 0.25) is 55.9 Å². The van der Waals surface area contributed by atoms with Gasteiger partial charge in [-0.3, -0.25) is 0 Å². The van der Waals surface area contributed by atoms with Crippen LogP contribution in [-0.4, -0.2) is 56.0 Å². The van der Waals surface area contributed by atoms with Gasteiger partial charge in [0.05, 0.1) is 12.7 Å². The molecule has 0 spiro atoms. The minimum absolute atomic E-state index is 0.0353. The normalized spacial score (nSPS) is 27.3. The number of rotatable bonds is 6. The molecule has 0 saturated carbocycles. The average molecular weight is 561 g/mol. The Balaban J connectivity index is 2.82. The second-order valence-corrected chi connectivity index (χ2v) is 28.4. The summed E-state index contributed by atoms with van der Waals surface area (Å²) in [5.41, 5.74) is 1.14. The van der Waals surface area contributed by atoms with E-state index in [-0.39, 0.29) is 22.3 Å². The van der Waals surface area contributed by atoms with Gasteiger partial charge >= 0.3 is 0 Å². The minimum Gasteiger partial charge on any atom is -0.408 e. The molecule has 0 fully saturated rings. The van der Waals surface area contributed by atoms with Crippen LogP contribution in [0.3, 0.4) is 0 Å². The number of hydrogen-bond donors (Lipinski definition) is 0. The molecule has 208 valence electrons. The molecule has 0 amide bonds. The van der Waals surface area contributed by atoms with Crippen LogP contribution in [0, 0.1) is 23.7 Å². The maximum absolute atomic E-state index is 7.30. The Kier molecular flexibility index (Phi) is 9.86. The molecule has 1 heterocycles. The van der Waals surface area contributed by atoms with Crippen LogP contribution < -0.4 is 0 Å². The van der Waals surface area contributed by atoms with Gasteiger partial charge in [0.25, 0.3) is 0 Å². The van der Waals surface area contributed by atoms with Crippen molar-refractivity contribution in [2.24, 2.45) is 0 Å². The Hall–Kier alpha value is -0.909.